The van der Waals surface area contributed by atoms with Crippen LogP contribution in [-0.4, -0.2) is 56.1 Å². The van der Waals surface area contributed by atoms with Crippen molar-refractivity contribution in [2.75, 3.05) is 20.6 Å². The number of thiophene rings is 1. The summed E-state index contributed by atoms with van der Waals surface area (Å²) >= 11 is 1.34. The van der Waals surface area contributed by atoms with Gasteiger partial charge in [0.25, 0.3) is 5.91 Å². The molecule has 1 aliphatic rings. The predicted octanol–water partition coefficient (Wildman–Crippen LogP) is 1.08. The standard InChI is InChI=1S/C19H22N4O5S2/c1-19(15-9-6-10-29-15)17(25)23(18(26)21-19)12-16(24)20-11-13-7-4-5-8-14(13)30(27,28)22(2)3/h4-10H,11-12H2,1-3H3,(H,20,24)(H,21,26). The van der Waals surface area contributed by atoms with E-state index in [0.29, 0.717) is 10.4 Å². The average Bonchev–Trinajstić information content (AvgIpc) is 3.31. The van der Waals surface area contributed by atoms with Crippen molar-refractivity contribution < 1.29 is 22.8 Å². The highest BCUT2D eigenvalue weighted by Gasteiger charge is 2.50. The number of imide groups is 1. The molecule has 11 heteroatoms. The summed E-state index contributed by atoms with van der Waals surface area (Å²) in [6.07, 6.45) is 0. The number of benzene rings is 1. The highest BCUT2D eigenvalue weighted by atomic mass is 32.2. The smallest absolute Gasteiger partial charge is 0.325 e. The Bertz CT molecular complexity index is 1080. The summed E-state index contributed by atoms with van der Waals surface area (Å²) in [6.45, 7) is 1.07. The average molecular weight is 451 g/mol. The van der Waals surface area contributed by atoms with E-state index in [2.05, 4.69) is 10.6 Å². The second-order valence-electron chi connectivity index (χ2n) is 7.10. The molecule has 0 bridgehead atoms. The molecule has 30 heavy (non-hydrogen) atoms. The van der Waals surface area contributed by atoms with E-state index in [0.717, 1.165) is 9.21 Å². The molecular formula is C19H22N4O5S2. The SMILES string of the molecule is CN(C)S(=O)(=O)c1ccccc1CNC(=O)CN1C(=O)NC(C)(c2cccs2)C1=O. The number of sulfonamides is 1. The molecule has 2 heterocycles. The zero-order chi connectivity index (χ0) is 22.1. The van der Waals surface area contributed by atoms with Crippen molar-refractivity contribution >= 4 is 39.2 Å². The van der Waals surface area contributed by atoms with Gasteiger partial charge >= 0.3 is 6.03 Å². The molecule has 4 amide bonds. The molecule has 0 spiro atoms. The van der Waals surface area contributed by atoms with Crippen molar-refractivity contribution in [3.63, 3.8) is 0 Å². The second-order valence-corrected chi connectivity index (χ2v) is 10.2. The van der Waals surface area contributed by atoms with Crippen LogP contribution in [0.15, 0.2) is 46.7 Å². The normalized spacial score (nSPS) is 19.3. The van der Waals surface area contributed by atoms with Crippen molar-refractivity contribution in [3.05, 3.63) is 52.2 Å². The van der Waals surface area contributed by atoms with Gasteiger partial charge < -0.3 is 10.6 Å². The van der Waals surface area contributed by atoms with E-state index in [-0.39, 0.29) is 11.4 Å². The largest absolute Gasteiger partial charge is 0.350 e. The maximum absolute atomic E-state index is 12.8. The molecule has 3 rings (SSSR count). The molecule has 2 aromatic rings. The Labute approximate surface area is 178 Å². The van der Waals surface area contributed by atoms with Gasteiger partial charge in [0.05, 0.1) is 4.90 Å². The van der Waals surface area contributed by atoms with Gasteiger partial charge in [-0.1, -0.05) is 24.3 Å². The second kappa shape index (κ2) is 8.17. The third-order valence-corrected chi connectivity index (χ3v) is 7.80. The lowest BCUT2D eigenvalue weighted by Crippen LogP contribution is -2.42. The number of hydrogen-bond donors (Lipinski definition) is 2. The number of amides is 4. The van der Waals surface area contributed by atoms with Crippen LogP contribution in [0.2, 0.25) is 0 Å². The van der Waals surface area contributed by atoms with Gasteiger partial charge in [-0.25, -0.2) is 17.5 Å². The molecule has 9 nitrogen and oxygen atoms in total. The fourth-order valence-corrected chi connectivity index (χ4v) is 5.01. The van der Waals surface area contributed by atoms with Gasteiger partial charge in [-0.3, -0.25) is 14.5 Å². The third kappa shape index (κ3) is 3.95. The van der Waals surface area contributed by atoms with Crippen LogP contribution in [0.5, 0.6) is 0 Å². The number of carbonyl (C=O) groups is 3. The maximum Gasteiger partial charge on any atom is 0.325 e. The first kappa shape index (κ1) is 21.9. The summed E-state index contributed by atoms with van der Waals surface area (Å²) < 4.78 is 26.0. The Hall–Kier alpha value is -2.76. The molecule has 2 N–H and O–H groups in total. The quantitative estimate of drug-likeness (QED) is 0.613. The van der Waals surface area contributed by atoms with Crippen LogP contribution < -0.4 is 10.6 Å². The number of carbonyl (C=O) groups excluding carboxylic acids is 3. The van der Waals surface area contributed by atoms with E-state index in [1.165, 1.54) is 31.5 Å². The van der Waals surface area contributed by atoms with Crippen LogP contribution in [0.3, 0.4) is 0 Å². The molecule has 1 saturated heterocycles. The molecular weight excluding hydrogens is 428 g/mol. The minimum atomic E-state index is -3.68. The number of rotatable bonds is 7. The minimum absolute atomic E-state index is 0.0616. The summed E-state index contributed by atoms with van der Waals surface area (Å²) in [5.74, 6) is -1.09. The number of urea groups is 1. The lowest BCUT2D eigenvalue weighted by Gasteiger charge is -2.20. The molecule has 0 aliphatic carbocycles. The lowest BCUT2D eigenvalue weighted by molar-refractivity contribution is -0.134. The van der Waals surface area contributed by atoms with Crippen molar-refractivity contribution in [2.24, 2.45) is 0 Å². The molecule has 1 atom stereocenters. The first-order valence-corrected chi connectivity index (χ1v) is 11.3. The summed E-state index contributed by atoms with van der Waals surface area (Å²) in [5.41, 5.74) is -0.807. The zero-order valence-electron chi connectivity index (χ0n) is 16.7. The zero-order valence-corrected chi connectivity index (χ0v) is 18.3. The van der Waals surface area contributed by atoms with Crippen LogP contribution in [0.4, 0.5) is 4.79 Å². The van der Waals surface area contributed by atoms with Crippen LogP contribution in [0, 0.1) is 0 Å². The van der Waals surface area contributed by atoms with Crippen LogP contribution in [0.1, 0.15) is 17.4 Å². The number of hydrogen-bond acceptors (Lipinski definition) is 6. The van der Waals surface area contributed by atoms with Gasteiger partial charge in [0.1, 0.15) is 6.54 Å². The fourth-order valence-electron chi connectivity index (χ4n) is 3.06. The Balaban J connectivity index is 1.69. The number of nitrogens with zero attached hydrogens (tertiary/aromatic N) is 2. The summed E-state index contributed by atoms with van der Waals surface area (Å²) in [6, 6.07) is 9.19. The monoisotopic (exact) mass is 450 g/mol. The van der Waals surface area contributed by atoms with Crippen molar-refractivity contribution in [2.45, 2.75) is 23.9 Å². The molecule has 1 fully saturated rings. The van der Waals surface area contributed by atoms with Crippen molar-refractivity contribution in [1.29, 1.82) is 0 Å². The van der Waals surface area contributed by atoms with Crippen molar-refractivity contribution in [1.82, 2.24) is 19.8 Å². The van der Waals surface area contributed by atoms with Gasteiger partial charge in [0.2, 0.25) is 15.9 Å². The topological polar surface area (TPSA) is 116 Å². The molecule has 0 radical (unpaired) electrons. The Morgan fingerprint density at radius 2 is 1.90 bits per heavy atom. The van der Waals surface area contributed by atoms with E-state index >= 15 is 0 Å². The molecule has 1 aromatic heterocycles. The molecule has 1 unspecified atom stereocenters. The summed E-state index contributed by atoms with van der Waals surface area (Å²) in [7, 11) is -0.834. The van der Waals surface area contributed by atoms with Gasteiger partial charge in [-0.05, 0) is 30.0 Å². The molecule has 0 saturated carbocycles. The van der Waals surface area contributed by atoms with E-state index in [1.807, 2.05) is 0 Å². The van der Waals surface area contributed by atoms with E-state index in [4.69, 9.17) is 0 Å². The third-order valence-electron chi connectivity index (χ3n) is 4.80. The first-order valence-electron chi connectivity index (χ1n) is 9.02. The molecule has 1 aromatic carbocycles. The molecule has 1 aliphatic heterocycles. The van der Waals surface area contributed by atoms with Gasteiger partial charge in [-0.2, -0.15) is 0 Å². The summed E-state index contributed by atoms with van der Waals surface area (Å²) in [4.78, 5) is 39.1. The van der Waals surface area contributed by atoms with Gasteiger partial charge in [0.15, 0.2) is 5.54 Å². The minimum Gasteiger partial charge on any atom is -0.350 e. The van der Waals surface area contributed by atoms with E-state index in [1.54, 1.807) is 42.6 Å². The van der Waals surface area contributed by atoms with Gasteiger partial charge in [-0.15, -0.1) is 11.3 Å². The van der Waals surface area contributed by atoms with Crippen LogP contribution >= 0.6 is 11.3 Å². The lowest BCUT2D eigenvalue weighted by atomic mass is 10.0. The van der Waals surface area contributed by atoms with Crippen LogP contribution in [0.25, 0.3) is 0 Å². The highest BCUT2D eigenvalue weighted by Crippen LogP contribution is 2.31. The predicted molar refractivity (Wildman–Crippen MR) is 111 cm³/mol. The van der Waals surface area contributed by atoms with Crippen LogP contribution in [-0.2, 0) is 31.7 Å². The van der Waals surface area contributed by atoms with E-state index < -0.39 is 40.0 Å². The maximum atomic E-state index is 12.8. The first-order chi connectivity index (χ1) is 14.1. The van der Waals surface area contributed by atoms with Crippen molar-refractivity contribution in [3.8, 4) is 0 Å². The van der Waals surface area contributed by atoms with Gasteiger partial charge in [0, 0.05) is 25.5 Å². The highest BCUT2D eigenvalue weighted by molar-refractivity contribution is 7.89. The van der Waals surface area contributed by atoms with E-state index in [9.17, 15) is 22.8 Å². The Kier molecular flexibility index (Phi) is 5.97. The number of nitrogens with one attached hydrogen (secondary N) is 2. The Morgan fingerprint density at radius 1 is 1.20 bits per heavy atom. The fraction of sp³-hybridized carbons (Fsp3) is 0.316. The Morgan fingerprint density at radius 3 is 2.53 bits per heavy atom. The molecule has 160 valence electrons. The summed E-state index contributed by atoms with van der Waals surface area (Å²) in [5, 5.41) is 7.02.